The molecule has 0 aliphatic rings. The van der Waals surface area contributed by atoms with E-state index in [1.165, 1.54) is 12.4 Å². The van der Waals surface area contributed by atoms with Crippen LogP contribution in [0.5, 0.6) is 0 Å². The van der Waals surface area contributed by atoms with Gasteiger partial charge in [-0.2, -0.15) is 0 Å². The standard InChI is InChI=1S/C10H9N3O2S.C4H4N2/c11-16(14,15)9-5-2-1-4-8(9)10-12-6-3-7-13-10;1-2-5-4-6-3-1/h1-7H,(H2,11,14,15);1-4H. The van der Waals surface area contributed by atoms with Gasteiger partial charge < -0.3 is 0 Å². The average Bonchev–Trinajstić information content (AvgIpc) is 2.57. The third-order valence-corrected chi connectivity index (χ3v) is 3.45. The normalized spacial score (nSPS) is 10.4. The van der Waals surface area contributed by atoms with Gasteiger partial charge in [0.15, 0.2) is 5.82 Å². The monoisotopic (exact) mass is 315 g/mol. The van der Waals surface area contributed by atoms with Gasteiger partial charge in [-0.15, -0.1) is 0 Å². The lowest BCUT2D eigenvalue weighted by Crippen LogP contribution is -2.13. The topological polar surface area (TPSA) is 112 Å². The third kappa shape index (κ3) is 4.40. The molecule has 8 heteroatoms. The molecule has 112 valence electrons. The molecule has 0 atom stereocenters. The Kier molecular flexibility index (Phi) is 5.23. The number of nitrogens with two attached hydrogens (primary N) is 1. The molecular formula is C14H13N5O2S. The first-order chi connectivity index (χ1) is 10.6. The van der Waals surface area contributed by atoms with Gasteiger partial charge in [-0.3, -0.25) is 0 Å². The highest BCUT2D eigenvalue weighted by Gasteiger charge is 2.15. The maximum atomic E-state index is 11.3. The summed E-state index contributed by atoms with van der Waals surface area (Å²) in [6, 6.07) is 9.80. The fourth-order valence-electron chi connectivity index (χ4n) is 1.59. The summed E-state index contributed by atoms with van der Waals surface area (Å²) in [7, 11) is -3.76. The average molecular weight is 315 g/mol. The van der Waals surface area contributed by atoms with Gasteiger partial charge in [0.2, 0.25) is 10.0 Å². The van der Waals surface area contributed by atoms with E-state index in [1.807, 2.05) is 0 Å². The van der Waals surface area contributed by atoms with Crippen LogP contribution in [-0.2, 0) is 10.0 Å². The van der Waals surface area contributed by atoms with Crippen LogP contribution >= 0.6 is 0 Å². The van der Waals surface area contributed by atoms with Crippen molar-refractivity contribution in [2.45, 2.75) is 4.90 Å². The molecule has 0 radical (unpaired) electrons. The molecular weight excluding hydrogens is 302 g/mol. The van der Waals surface area contributed by atoms with Gasteiger partial charge in [-0.25, -0.2) is 33.5 Å². The Labute approximate surface area is 128 Å². The molecule has 0 fully saturated rings. The summed E-state index contributed by atoms with van der Waals surface area (Å²) in [5.41, 5.74) is 0.408. The minimum atomic E-state index is -3.76. The number of hydrogen-bond acceptors (Lipinski definition) is 6. The van der Waals surface area contributed by atoms with Crippen molar-refractivity contribution in [2.24, 2.45) is 5.14 Å². The van der Waals surface area contributed by atoms with E-state index in [9.17, 15) is 8.42 Å². The van der Waals surface area contributed by atoms with E-state index in [-0.39, 0.29) is 4.90 Å². The van der Waals surface area contributed by atoms with Gasteiger partial charge in [0, 0.05) is 30.4 Å². The lowest BCUT2D eigenvalue weighted by Gasteiger charge is -2.05. The van der Waals surface area contributed by atoms with Crippen LogP contribution in [0.4, 0.5) is 0 Å². The zero-order valence-corrected chi connectivity index (χ0v) is 12.3. The first-order valence-electron chi connectivity index (χ1n) is 6.18. The molecule has 0 aliphatic carbocycles. The zero-order chi connectivity index (χ0) is 15.8. The van der Waals surface area contributed by atoms with Crippen LogP contribution in [0.3, 0.4) is 0 Å². The van der Waals surface area contributed by atoms with Crippen LogP contribution in [0.1, 0.15) is 0 Å². The molecule has 2 aromatic heterocycles. The summed E-state index contributed by atoms with van der Waals surface area (Å²) in [6.45, 7) is 0. The Balaban J connectivity index is 0.000000246. The molecule has 0 amide bonds. The van der Waals surface area contributed by atoms with Gasteiger partial charge >= 0.3 is 0 Å². The number of aromatic nitrogens is 4. The predicted octanol–water partition coefficient (Wildman–Crippen LogP) is 1.27. The van der Waals surface area contributed by atoms with Crippen LogP contribution in [-0.4, -0.2) is 28.4 Å². The summed E-state index contributed by atoms with van der Waals surface area (Å²) in [4.78, 5) is 15.4. The molecule has 0 saturated carbocycles. The van der Waals surface area contributed by atoms with Gasteiger partial charge in [0.05, 0.1) is 4.90 Å². The number of sulfonamides is 1. The van der Waals surface area contributed by atoms with Crippen molar-refractivity contribution >= 4 is 10.0 Å². The number of rotatable bonds is 2. The second-order valence-electron chi connectivity index (χ2n) is 4.02. The Morgan fingerprint density at radius 1 is 0.818 bits per heavy atom. The molecule has 0 unspecified atom stereocenters. The molecule has 2 heterocycles. The summed E-state index contributed by atoms with van der Waals surface area (Å²) in [6.07, 6.45) is 7.96. The van der Waals surface area contributed by atoms with Gasteiger partial charge in [-0.05, 0) is 24.3 Å². The lowest BCUT2D eigenvalue weighted by molar-refractivity contribution is 0.598. The fourth-order valence-corrected chi connectivity index (χ4v) is 2.33. The molecule has 0 bridgehead atoms. The van der Waals surface area contributed by atoms with Gasteiger partial charge in [0.1, 0.15) is 6.33 Å². The van der Waals surface area contributed by atoms with E-state index in [0.717, 1.165) is 0 Å². The van der Waals surface area contributed by atoms with Crippen molar-refractivity contribution in [2.75, 3.05) is 0 Å². The van der Waals surface area contributed by atoms with E-state index in [0.29, 0.717) is 11.4 Å². The van der Waals surface area contributed by atoms with Crippen LogP contribution in [0.25, 0.3) is 11.4 Å². The molecule has 1 aromatic carbocycles. The Bertz CT molecular complexity index is 784. The summed E-state index contributed by atoms with van der Waals surface area (Å²) in [5.74, 6) is 0.340. The molecule has 22 heavy (non-hydrogen) atoms. The minimum Gasteiger partial charge on any atom is -0.245 e. The zero-order valence-electron chi connectivity index (χ0n) is 11.4. The lowest BCUT2D eigenvalue weighted by atomic mass is 10.2. The maximum Gasteiger partial charge on any atom is 0.238 e. The van der Waals surface area contributed by atoms with Crippen molar-refractivity contribution in [1.29, 1.82) is 0 Å². The highest BCUT2D eigenvalue weighted by Crippen LogP contribution is 2.22. The third-order valence-electron chi connectivity index (χ3n) is 2.48. The van der Waals surface area contributed by atoms with Crippen molar-refractivity contribution in [3.63, 3.8) is 0 Å². The number of benzene rings is 1. The SMILES string of the molecule is NS(=O)(=O)c1ccccc1-c1ncccn1.c1cncnc1. The van der Waals surface area contributed by atoms with Crippen LogP contribution in [0.2, 0.25) is 0 Å². The molecule has 2 N–H and O–H groups in total. The van der Waals surface area contributed by atoms with Crippen molar-refractivity contribution in [3.05, 3.63) is 67.5 Å². The van der Waals surface area contributed by atoms with E-state index in [4.69, 9.17) is 5.14 Å². The van der Waals surface area contributed by atoms with E-state index >= 15 is 0 Å². The van der Waals surface area contributed by atoms with Crippen molar-refractivity contribution in [3.8, 4) is 11.4 Å². The van der Waals surface area contributed by atoms with Crippen molar-refractivity contribution < 1.29 is 8.42 Å². The van der Waals surface area contributed by atoms with Crippen LogP contribution in [0, 0.1) is 0 Å². The van der Waals surface area contributed by atoms with Crippen LogP contribution < -0.4 is 5.14 Å². The Morgan fingerprint density at radius 2 is 1.41 bits per heavy atom. The quantitative estimate of drug-likeness (QED) is 0.762. The van der Waals surface area contributed by atoms with Gasteiger partial charge in [0.25, 0.3) is 0 Å². The summed E-state index contributed by atoms with van der Waals surface area (Å²) < 4.78 is 22.7. The highest BCUT2D eigenvalue weighted by molar-refractivity contribution is 7.89. The first-order valence-corrected chi connectivity index (χ1v) is 7.73. The molecule has 7 nitrogen and oxygen atoms in total. The Hall–Kier alpha value is -2.71. The Morgan fingerprint density at radius 3 is 1.91 bits per heavy atom. The largest absolute Gasteiger partial charge is 0.245 e. The predicted molar refractivity (Wildman–Crippen MR) is 80.9 cm³/mol. The van der Waals surface area contributed by atoms with E-state index in [1.54, 1.807) is 55.1 Å². The van der Waals surface area contributed by atoms with Crippen molar-refractivity contribution in [1.82, 2.24) is 19.9 Å². The number of hydrogen-bond donors (Lipinski definition) is 1. The summed E-state index contributed by atoms with van der Waals surface area (Å²) in [5, 5.41) is 5.11. The van der Waals surface area contributed by atoms with Gasteiger partial charge in [-0.1, -0.05) is 12.1 Å². The first kappa shape index (κ1) is 15.7. The molecule has 0 saturated heterocycles. The molecule has 3 aromatic rings. The highest BCUT2D eigenvalue weighted by atomic mass is 32.2. The molecule has 0 aliphatic heterocycles. The minimum absolute atomic E-state index is 0.0289. The van der Waals surface area contributed by atoms with E-state index < -0.39 is 10.0 Å². The second kappa shape index (κ2) is 7.34. The number of primary sulfonamides is 1. The second-order valence-corrected chi connectivity index (χ2v) is 5.55. The molecule has 0 spiro atoms. The maximum absolute atomic E-state index is 11.3. The summed E-state index contributed by atoms with van der Waals surface area (Å²) >= 11 is 0. The fraction of sp³-hybridized carbons (Fsp3) is 0. The van der Waals surface area contributed by atoms with E-state index in [2.05, 4.69) is 19.9 Å². The smallest absolute Gasteiger partial charge is 0.238 e. The molecule has 3 rings (SSSR count). The number of nitrogens with zero attached hydrogens (tertiary/aromatic N) is 4. The van der Waals surface area contributed by atoms with Crippen LogP contribution in [0.15, 0.2) is 72.4 Å².